The largest absolute Gasteiger partial charge is 0.329 e. The molecule has 0 amide bonds. The molecule has 0 radical (unpaired) electrons. The zero-order chi connectivity index (χ0) is 17.1. The van der Waals surface area contributed by atoms with Gasteiger partial charge in [0.15, 0.2) is 0 Å². The summed E-state index contributed by atoms with van der Waals surface area (Å²) in [4.78, 5) is 15.2. The molecule has 0 fully saturated rings. The van der Waals surface area contributed by atoms with Gasteiger partial charge in [-0.1, -0.05) is 25.6 Å². The number of hydrogen-bond donors (Lipinski definition) is 0. The molecule has 1 aliphatic carbocycles. The van der Waals surface area contributed by atoms with Gasteiger partial charge in [0.2, 0.25) is 0 Å². The molecule has 0 aliphatic heterocycles. The molecule has 126 valence electrons. The molecule has 1 heterocycles. The van der Waals surface area contributed by atoms with Crippen LogP contribution in [0.1, 0.15) is 43.9 Å². The summed E-state index contributed by atoms with van der Waals surface area (Å²) in [6, 6.07) is 6.60. The summed E-state index contributed by atoms with van der Waals surface area (Å²) in [7, 11) is 0. The van der Waals surface area contributed by atoms with E-state index in [1.807, 2.05) is 0 Å². The third-order valence-corrected chi connectivity index (χ3v) is 4.90. The van der Waals surface area contributed by atoms with Crippen LogP contribution in [0.3, 0.4) is 0 Å². The third kappa shape index (κ3) is 3.24. The van der Waals surface area contributed by atoms with E-state index in [0.717, 1.165) is 43.6 Å². The molecule has 1 aliphatic rings. The molecule has 0 saturated carbocycles. The van der Waals surface area contributed by atoms with Gasteiger partial charge in [-0.25, -0.2) is 4.98 Å². The summed E-state index contributed by atoms with van der Waals surface area (Å²) in [5, 5.41) is 10.9. The molecule has 2 aromatic rings. The first kappa shape index (κ1) is 16.8. The van der Waals surface area contributed by atoms with Crippen molar-refractivity contribution in [2.75, 3.05) is 0 Å². The Balaban J connectivity index is 2.13. The van der Waals surface area contributed by atoms with Crippen molar-refractivity contribution in [3.63, 3.8) is 0 Å². The number of non-ortho nitro benzene ring substituents is 1. The van der Waals surface area contributed by atoms with Gasteiger partial charge < -0.3 is 4.57 Å². The van der Waals surface area contributed by atoms with E-state index in [2.05, 4.69) is 11.5 Å². The van der Waals surface area contributed by atoms with Gasteiger partial charge in [0.05, 0.1) is 4.92 Å². The molecular formula is C18H21N3O2S. The van der Waals surface area contributed by atoms with Gasteiger partial charge in [-0.05, 0) is 44.2 Å². The number of hydrogen-bond acceptors (Lipinski definition) is 4. The second-order valence-electron chi connectivity index (χ2n) is 6.18. The number of nitro groups is 1. The van der Waals surface area contributed by atoms with Crippen LogP contribution in [0.25, 0.3) is 11.4 Å². The van der Waals surface area contributed by atoms with E-state index in [9.17, 15) is 10.1 Å². The van der Waals surface area contributed by atoms with Gasteiger partial charge in [-0.15, -0.1) is 0 Å². The molecular weight excluding hydrogens is 322 g/mol. The Bertz CT molecular complexity index is 812. The van der Waals surface area contributed by atoms with Crippen LogP contribution in [0.2, 0.25) is 0 Å². The van der Waals surface area contributed by atoms with Gasteiger partial charge in [0.1, 0.15) is 10.5 Å². The van der Waals surface area contributed by atoms with Crippen LogP contribution in [-0.2, 0) is 19.4 Å². The first-order chi connectivity index (χ1) is 11.6. The Labute approximate surface area is 146 Å². The summed E-state index contributed by atoms with van der Waals surface area (Å²) >= 11 is 5.53. The smallest absolute Gasteiger partial charge is 0.269 e. The first-order valence-electron chi connectivity index (χ1n) is 8.49. The summed E-state index contributed by atoms with van der Waals surface area (Å²) < 4.78 is 2.97. The lowest BCUT2D eigenvalue weighted by molar-refractivity contribution is -0.384. The molecule has 1 aromatic heterocycles. The number of unbranched alkanes of at least 4 members (excludes halogenated alkanes) is 1. The summed E-state index contributed by atoms with van der Waals surface area (Å²) in [5.41, 5.74) is 3.51. The molecule has 5 nitrogen and oxygen atoms in total. The predicted octanol–water partition coefficient (Wildman–Crippen LogP) is 4.87. The second kappa shape index (κ2) is 7.21. The number of benzene rings is 1. The standard InChI is InChI=1S/C18H21N3O2S/c1-2-3-12-20-16-7-5-4-6-15(16)18(24)19-17(20)13-8-10-14(11-9-13)21(22)23/h8-11H,2-7,12H2,1H3. The van der Waals surface area contributed by atoms with Crippen LogP contribution in [0.15, 0.2) is 24.3 Å². The van der Waals surface area contributed by atoms with Crippen molar-refractivity contribution < 1.29 is 4.92 Å². The average molecular weight is 343 g/mol. The van der Waals surface area contributed by atoms with Gasteiger partial charge in [-0.2, -0.15) is 0 Å². The van der Waals surface area contributed by atoms with E-state index in [4.69, 9.17) is 17.2 Å². The van der Waals surface area contributed by atoms with Gasteiger partial charge in [-0.3, -0.25) is 10.1 Å². The highest BCUT2D eigenvalue weighted by molar-refractivity contribution is 7.71. The van der Waals surface area contributed by atoms with Crippen LogP contribution in [0.4, 0.5) is 5.69 Å². The number of aromatic nitrogens is 2. The maximum Gasteiger partial charge on any atom is 0.269 e. The highest BCUT2D eigenvalue weighted by Gasteiger charge is 2.19. The highest BCUT2D eigenvalue weighted by atomic mass is 32.1. The Hall–Kier alpha value is -2.08. The fraction of sp³-hybridized carbons (Fsp3) is 0.444. The number of nitro benzene ring substituents is 1. The van der Waals surface area contributed by atoms with E-state index in [0.29, 0.717) is 4.64 Å². The van der Waals surface area contributed by atoms with Crippen molar-refractivity contribution in [2.45, 2.75) is 52.0 Å². The van der Waals surface area contributed by atoms with Crippen LogP contribution in [0.5, 0.6) is 0 Å². The topological polar surface area (TPSA) is 61.0 Å². The molecule has 0 saturated heterocycles. The molecule has 1 aromatic carbocycles. The summed E-state index contributed by atoms with van der Waals surface area (Å²) in [6.45, 7) is 3.08. The minimum absolute atomic E-state index is 0.0930. The molecule has 0 N–H and O–H groups in total. The maximum atomic E-state index is 10.9. The van der Waals surface area contributed by atoms with Crippen LogP contribution in [0, 0.1) is 14.8 Å². The number of fused-ring (bicyclic) bond motifs is 1. The van der Waals surface area contributed by atoms with Crippen molar-refractivity contribution in [2.24, 2.45) is 0 Å². The van der Waals surface area contributed by atoms with E-state index >= 15 is 0 Å². The minimum Gasteiger partial charge on any atom is -0.329 e. The normalized spacial score (nSPS) is 13.5. The quantitative estimate of drug-likeness (QED) is 0.441. The Morgan fingerprint density at radius 2 is 1.96 bits per heavy atom. The lowest BCUT2D eigenvalue weighted by Gasteiger charge is -2.24. The van der Waals surface area contributed by atoms with Crippen molar-refractivity contribution >= 4 is 17.9 Å². The Morgan fingerprint density at radius 1 is 1.25 bits per heavy atom. The molecule has 24 heavy (non-hydrogen) atoms. The van der Waals surface area contributed by atoms with Gasteiger partial charge >= 0.3 is 0 Å². The average Bonchev–Trinajstić information content (AvgIpc) is 2.61. The molecule has 3 rings (SSSR count). The second-order valence-corrected chi connectivity index (χ2v) is 6.57. The summed E-state index contributed by atoms with van der Waals surface area (Å²) in [6.07, 6.45) is 6.58. The fourth-order valence-electron chi connectivity index (χ4n) is 3.28. The van der Waals surface area contributed by atoms with Crippen molar-refractivity contribution in [1.82, 2.24) is 9.55 Å². The van der Waals surface area contributed by atoms with Gasteiger partial charge in [0.25, 0.3) is 5.69 Å². The van der Waals surface area contributed by atoms with E-state index in [-0.39, 0.29) is 10.6 Å². The van der Waals surface area contributed by atoms with Crippen molar-refractivity contribution in [1.29, 1.82) is 0 Å². The highest BCUT2D eigenvalue weighted by Crippen LogP contribution is 2.28. The molecule has 0 spiro atoms. The van der Waals surface area contributed by atoms with Gasteiger partial charge in [0, 0.05) is 35.5 Å². The molecule has 0 atom stereocenters. The van der Waals surface area contributed by atoms with E-state index in [1.54, 1.807) is 12.1 Å². The third-order valence-electron chi connectivity index (χ3n) is 4.56. The van der Waals surface area contributed by atoms with Crippen molar-refractivity contribution in [3.8, 4) is 11.4 Å². The lowest BCUT2D eigenvalue weighted by Crippen LogP contribution is -2.18. The van der Waals surface area contributed by atoms with Crippen LogP contribution >= 0.6 is 12.2 Å². The van der Waals surface area contributed by atoms with Crippen LogP contribution in [-0.4, -0.2) is 14.5 Å². The fourth-order valence-corrected chi connectivity index (χ4v) is 3.59. The maximum absolute atomic E-state index is 10.9. The van der Waals surface area contributed by atoms with E-state index in [1.165, 1.54) is 36.2 Å². The van der Waals surface area contributed by atoms with Crippen molar-refractivity contribution in [3.05, 3.63) is 50.3 Å². The van der Waals surface area contributed by atoms with Crippen LogP contribution < -0.4 is 0 Å². The minimum atomic E-state index is -0.381. The number of rotatable bonds is 5. The SMILES string of the molecule is CCCCn1c(-c2ccc([N+](=O)[O-])cc2)nc(=S)c2c1CCCC2. The molecule has 0 unspecified atom stereocenters. The first-order valence-corrected chi connectivity index (χ1v) is 8.90. The Kier molecular flexibility index (Phi) is 5.04. The molecule has 0 bridgehead atoms. The predicted molar refractivity (Wildman–Crippen MR) is 96.7 cm³/mol. The van der Waals surface area contributed by atoms with E-state index < -0.39 is 0 Å². The molecule has 6 heteroatoms. The zero-order valence-electron chi connectivity index (χ0n) is 13.8. The monoisotopic (exact) mass is 343 g/mol. The zero-order valence-corrected chi connectivity index (χ0v) is 14.6. The lowest BCUT2D eigenvalue weighted by atomic mass is 9.96. The number of nitrogens with zero attached hydrogens (tertiary/aromatic N) is 3. The summed E-state index contributed by atoms with van der Waals surface area (Å²) in [5.74, 6) is 0.837. The Morgan fingerprint density at radius 3 is 2.62 bits per heavy atom.